The highest BCUT2D eigenvalue weighted by atomic mass is 16.6. The van der Waals surface area contributed by atoms with Crippen molar-refractivity contribution in [3.8, 4) is 0 Å². The molecule has 0 spiro atoms. The Labute approximate surface area is 232 Å². The van der Waals surface area contributed by atoms with Crippen LogP contribution in [-0.4, -0.2) is 106 Å². The molecule has 220 valence electrons. The molecule has 0 atom stereocenters. The molecule has 0 unspecified atom stereocenters. The van der Waals surface area contributed by atoms with E-state index in [1.54, 1.807) is 20.8 Å². The van der Waals surface area contributed by atoms with Gasteiger partial charge in [0.2, 0.25) is 0 Å². The Kier molecular flexibility index (Phi) is 14.6. The fourth-order valence-electron chi connectivity index (χ4n) is 3.87. The second-order valence-electron chi connectivity index (χ2n) is 10.3. The van der Waals surface area contributed by atoms with Gasteiger partial charge in [-0.05, 0) is 39.2 Å². The van der Waals surface area contributed by atoms with E-state index in [9.17, 15) is 14.4 Å². The van der Waals surface area contributed by atoms with Crippen molar-refractivity contribution in [3.05, 3.63) is 35.9 Å². The van der Waals surface area contributed by atoms with Crippen molar-refractivity contribution in [2.75, 3.05) is 66.2 Å². The number of esters is 1. The zero-order chi connectivity index (χ0) is 28.5. The predicted octanol–water partition coefficient (Wildman–Crippen LogP) is 3.21. The predicted molar refractivity (Wildman–Crippen MR) is 145 cm³/mol. The standard InChI is InChI=1S/C28H45N3O8/c1-28(2,3)39-27(34)31(16-12-25(32)35-4)18-21-37-24-10-14-30(15-11-24)17-20-36-19-13-29-26(33)38-22-23-8-6-5-7-9-23/h5-9,24H,10-22H2,1-4H3,(H,29,33). The maximum Gasteiger partial charge on any atom is 0.410 e. The number of methoxy groups -OCH3 is 1. The molecule has 1 aromatic carbocycles. The van der Waals surface area contributed by atoms with Gasteiger partial charge in [0.1, 0.15) is 12.2 Å². The van der Waals surface area contributed by atoms with Gasteiger partial charge in [-0.15, -0.1) is 0 Å². The number of carbonyl (C=O) groups excluding carboxylic acids is 3. The van der Waals surface area contributed by atoms with Crippen LogP contribution in [0, 0.1) is 0 Å². The van der Waals surface area contributed by atoms with E-state index in [1.165, 1.54) is 12.0 Å². The highest BCUT2D eigenvalue weighted by Crippen LogP contribution is 2.14. The highest BCUT2D eigenvalue weighted by molar-refractivity contribution is 5.72. The number of hydrogen-bond donors (Lipinski definition) is 1. The number of rotatable bonds is 15. The molecule has 1 aliphatic heterocycles. The van der Waals surface area contributed by atoms with Gasteiger partial charge in [0.25, 0.3) is 0 Å². The first-order chi connectivity index (χ1) is 18.7. The van der Waals surface area contributed by atoms with E-state index in [0.29, 0.717) is 32.9 Å². The Balaban J connectivity index is 1.54. The molecule has 1 aromatic rings. The van der Waals surface area contributed by atoms with Crippen LogP contribution in [0.5, 0.6) is 0 Å². The molecule has 1 aliphatic rings. The van der Waals surface area contributed by atoms with E-state index in [1.807, 2.05) is 30.3 Å². The van der Waals surface area contributed by atoms with Crippen molar-refractivity contribution in [3.63, 3.8) is 0 Å². The summed E-state index contributed by atoms with van der Waals surface area (Å²) in [6.45, 7) is 10.6. The maximum absolute atomic E-state index is 12.5. The molecular weight excluding hydrogens is 506 g/mol. The minimum absolute atomic E-state index is 0.102. The smallest absolute Gasteiger partial charge is 0.410 e. The fraction of sp³-hybridized carbons (Fsp3) is 0.679. The third-order valence-electron chi connectivity index (χ3n) is 5.99. The van der Waals surface area contributed by atoms with Crippen molar-refractivity contribution in [2.45, 2.75) is 58.3 Å². The van der Waals surface area contributed by atoms with Gasteiger partial charge in [0.15, 0.2) is 0 Å². The van der Waals surface area contributed by atoms with Crippen LogP contribution in [-0.2, 0) is 35.1 Å². The van der Waals surface area contributed by atoms with E-state index < -0.39 is 17.8 Å². The van der Waals surface area contributed by atoms with Crippen LogP contribution < -0.4 is 5.32 Å². The molecule has 1 N–H and O–H groups in total. The lowest BCUT2D eigenvalue weighted by molar-refractivity contribution is -0.140. The molecule has 39 heavy (non-hydrogen) atoms. The summed E-state index contributed by atoms with van der Waals surface area (Å²) in [5.74, 6) is -0.376. The van der Waals surface area contributed by atoms with Crippen molar-refractivity contribution < 1.29 is 38.1 Å². The number of nitrogens with one attached hydrogen (secondary N) is 1. The Morgan fingerprint density at radius 1 is 1.03 bits per heavy atom. The first-order valence-corrected chi connectivity index (χ1v) is 13.6. The average Bonchev–Trinajstić information content (AvgIpc) is 2.91. The number of alkyl carbamates (subject to hydrolysis) is 1. The van der Waals surface area contributed by atoms with Crippen LogP contribution >= 0.6 is 0 Å². The summed E-state index contributed by atoms with van der Waals surface area (Å²) in [5, 5.41) is 2.69. The van der Waals surface area contributed by atoms with Crippen molar-refractivity contribution in [1.82, 2.24) is 15.1 Å². The van der Waals surface area contributed by atoms with Crippen LogP contribution in [0.4, 0.5) is 9.59 Å². The van der Waals surface area contributed by atoms with E-state index in [4.69, 9.17) is 18.9 Å². The molecule has 0 saturated carbocycles. The summed E-state index contributed by atoms with van der Waals surface area (Å²) in [5.41, 5.74) is 0.319. The third kappa shape index (κ3) is 14.7. The molecule has 1 saturated heterocycles. The first kappa shape index (κ1) is 32.3. The summed E-state index contributed by atoms with van der Waals surface area (Å²) in [7, 11) is 1.33. The second kappa shape index (κ2) is 17.6. The number of ether oxygens (including phenoxy) is 5. The molecule has 0 bridgehead atoms. The Hall–Kier alpha value is -2.89. The summed E-state index contributed by atoms with van der Waals surface area (Å²) in [4.78, 5) is 39.6. The molecular formula is C28H45N3O8. The molecule has 2 rings (SSSR count). The summed E-state index contributed by atoms with van der Waals surface area (Å²) in [6, 6.07) is 9.53. The molecule has 0 aromatic heterocycles. The quantitative estimate of drug-likeness (QED) is 0.199. The molecule has 0 radical (unpaired) electrons. The maximum atomic E-state index is 12.5. The normalized spacial score (nSPS) is 14.5. The van der Waals surface area contributed by atoms with Gasteiger partial charge in [-0.1, -0.05) is 30.3 Å². The Bertz CT molecular complexity index is 854. The van der Waals surface area contributed by atoms with Gasteiger partial charge in [0.05, 0.1) is 39.5 Å². The van der Waals surface area contributed by atoms with E-state index in [2.05, 4.69) is 15.0 Å². The largest absolute Gasteiger partial charge is 0.469 e. The minimum atomic E-state index is -0.622. The topological polar surface area (TPSA) is 116 Å². The molecule has 0 aliphatic carbocycles. The summed E-state index contributed by atoms with van der Waals surface area (Å²) < 4.78 is 27.0. The monoisotopic (exact) mass is 551 g/mol. The highest BCUT2D eigenvalue weighted by Gasteiger charge is 2.24. The van der Waals surface area contributed by atoms with Gasteiger partial charge in [-0.25, -0.2) is 9.59 Å². The van der Waals surface area contributed by atoms with Crippen molar-refractivity contribution >= 4 is 18.2 Å². The number of likely N-dealkylation sites (tertiary alicyclic amines) is 1. The number of benzene rings is 1. The molecule has 1 heterocycles. The molecule has 2 amide bonds. The lowest BCUT2D eigenvalue weighted by atomic mass is 10.1. The number of nitrogens with zero attached hydrogens (tertiary/aromatic N) is 2. The summed E-state index contributed by atoms with van der Waals surface area (Å²) in [6.07, 6.45) is 1.08. The van der Waals surface area contributed by atoms with Gasteiger partial charge < -0.3 is 38.8 Å². The van der Waals surface area contributed by atoms with Crippen molar-refractivity contribution in [2.24, 2.45) is 0 Å². The fourth-order valence-corrected chi connectivity index (χ4v) is 3.87. The second-order valence-corrected chi connectivity index (χ2v) is 10.3. The Morgan fingerprint density at radius 2 is 1.74 bits per heavy atom. The van der Waals surface area contributed by atoms with Crippen molar-refractivity contribution in [1.29, 1.82) is 0 Å². The molecule has 11 nitrogen and oxygen atoms in total. The van der Waals surface area contributed by atoms with Gasteiger partial charge in [0, 0.05) is 39.3 Å². The lowest BCUT2D eigenvalue weighted by Crippen LogP contribution is -2.42. The van der Waals surface area contributed by atoms with Crippen LogP contribution in [0.1, 0.15) is 45.6 Å². The Morgan fingerprint density at radius 3 is 2.41 bits per heavy atom. The van der Waals surface area contributed by atoms with E-state index in [0.717, 1.165) is 38.0 Å². The van der Waals surface area contributed by atoms with Gasteiger partial charge in [-0.2, -0.15) is 0 Å². The van der Waals surface area contributed by atoms with Crippen LogP contribution in [0.15, 0.2) is 30.3 Å². The zero-order valence-electron chi connectivity index (χ0n) is 23.8. The zero-order valence-corrected chi connectivity index (χ0v) is 23.8. The summed E-state index contributed by atoms with van der Waals surface area (Å²) >= 11 is 0. The van der Waals surface area contributed by atoms with Gasteiger partial charge >= 0.3 is 18.2 Å². The van der Waals surface area contributed by atoms with Crippen LogP contribution in [0.25, 0.3) is 0 Å². The number of carbonyl (C=O) groups is 3. The molecule has 1 fully saturated rings. The number of hydrogen-bond acceptors (Lipinski definition) is 9. The SMILES string of the molecule is COC(=O)CCN(CCOC1CCN(CCOCCNC(=O)OCc2ccccc2)CC1)C(=O)OC(C)(C)C. The molecule has 11 heteroatoms. The average molecular weight is 552 g/mol. The third-order valence-corrected chi connectivity index (χ3v) is 5.99. The van der Waals surface area contributed by atoms with Crippen LogP contribution in [0.2, 0.25) is 0 Å². The lowest BCUT2D eigenvalue weighted by Gasteiger charge is -2.32. The number of amides is 2. The minimum Gasteiger partial charge on any atom is -0.469 e. The van der Waals surface area contributed by atoms with Crippen LogP contribution in [0.3, 0.4) is 0 Å². The number of piperidine rings is 1. The van der Waals surface area contributed by atoms with E-state index >= 15 is 0 Å². The van der Waals surface area contributed by atoms with Gasteiger partial charge in [-0.3, -0.25) is 4.79 Å². The van der Waals surface area contributed by atoms with E-state index in [-0.39, 0.29) is 31.6 Å². The first-order valence-electron chi connectivity index (χ1n) is 13.6.